The van der Waals surface area contributed by atoms with E-state index >= 15 is 0 Å². The number of rotatable bonds is 7. The normalized spacial score (nSPS) is 15.1. The molecule has 0 saturated carbocycles. The van der Waals surface area contributed by atoms with Crippen molar-refractivity contribution in [1.82, 2.24) is 14.9 Å². The van der Waals surface area contributed by atoms with Crippen LogP contribution in [0.1, 0.15) is 37.5 Å². The number of aromatic nitrogens is 2. The zero-order chi connectivity index (χ0) is 17.6. The van der Waals surface area contributed by atoms with Crippen LogP contribution in [-0.2, 0) is 11.2 Å². The molecule has 136 valence electrons. The van der Waals surface area contributed by atoms with Gasteiger partial charge in [-0.05, 0) is 31.9 Å². The Hall–Kier alpha value is -1.73. The van der Waals surface area contributed by atoms with Gasteiger partial charge in [0.2, 0.25) is 5.91 Å². The van der Waals surface area contributed by atoms with Crippen molar-refractivity contribution >= 4 is 33.3 Å². The number of piperazine rings is 1. The summed E-state index contributed by atoms with van der Waals surface area (Å²) in [5.41, 5.74) is 5.50. The molecule has 25 heavy (non-hydrogen) atoms. The highest BCUT2D eigenvalue weighted by molar-refractivity contribution is 7.18. The summed E-state index contributed by atoms with van der Waals surface area (Å²) < 4.78 is 0. The molecule has 1 amide bonds. The Morgan fingerprint density at radius 2 is 2.00 bits per heavy atom. The van der Waals surface area contributed by atoms with E-state index < -0.39 is 0 Å². The van der Waals surface area contributed by atoms with Gasteiger partial charge >= 0.3 is 0 Å². The third-order valence-electron chi connectivity index (χ3n) is 4.73. The molecule has 2 N–H and O–H groups in total. The molecule has 0 aliphatic carbocycles. The predicted octanol–water partition coefficient (Wildman–Crippen LogP) is 2.42. The maximum absolute atomic E-state index is 12.3. The number of amides is 1. The van der Waals surface area contributed by atoms with Crippen molar-refractivity contribution in [3.05, 3.63) is 17.3 Å². The van der Waals surface area contributed by atoms with Crippen LogP contribution in [0.3, 0.4) is 0 Å². The van der Waals surface area contributed by atoms with Crippen LogP contribution < -0.4 is 10.6 Å². The van der Waals surface area contributed by atoms with Crippen molar-refractivity contribution in [3.8, 4) is 0 Å². The van der Waals surface area contributed by atoms with Gasteiger partial charge in [0.05, 0.1) is 5.39 Å². The van der Waals surface area contributed by atoms with Gasteiger partial charge in [0.25, 0.3) is 0 Å². The molecule has 3 rings (SSSR count). The average Bonchev–Trinajstić information content (AvgIpc) is 3.08. The van der Waals surface area contributed by atoms with Gasteiger partial charge in [0, 0.05) is 37.5 Å². The van der Waals surface area contributed by atoms with Crippen molar-refractivity contribution in [2.24, 2.45) is 5.73 Å². The molecule has 0 bridgehead atoms. The lowest BCUT2D eigenvalue weighted by atomic mass is 10.1. The van der Waals surface area contributed by atoms with Gasteiger partial charge in [-0.25, -0.2) is 9.97 Å². The molecule has 3 heterocycles. The van der Waals surface area contributed by atoms with Crippen LogP contribution in [0.2, 0.25) is 0 Å². The lowest BCUT2D eigenvalue weighted by Gasteiger charge is -2.35. The third kappa shape index (κ3) is 4.27. The van der Waals surface area contributed by atoms with Crippen LogP contribution in [-0.4, -0.2) is 53.5 Å². The molecule has 0 radical (unpaired) electrons. The van der Waals surface area contributed by atoms with Crippen molar-refractivity contribution in [3.63, 3.8) is 0 Å². The lowest BCUT2D eigenvalue weighted by Crippen LogP contribution is -2.49. The Kier molecular flexibility index (Phi) is 6.20. The Morgan fingerprint density at radius 3 is 2.72 bits per heavy atom. The van der Waals surface area contributed by atoms with Gasteiger partial charge in [-0.3, -0.25) is 4.79 Å². The monoisotopic (exact) mass is 361 g/mol. The largest absolute Gasteiger partial charge is 0.352 e. The zero-order valence-electron chi connectivity index (χ0n) is 14.9. The van der Waals surface area contributed by atoms with E-state index in [0.29, 0.717) is 13.0 Å². The minimum atomic E-state index is 0.272. The van der Waals surface area contributed by atoms with Crippen LogP contribution in [0.15, 0.2) is 12.4 Å². The summed E-state index contributed by atoms with van der Waals surface area (Å²) >= 11 is 1.74. The molecule has 0 aromatic carbocycles. The number of nitrogens with zero attached hydrogens (tertiary/aromatic N) is 4. The smallest absolute Gasteiger partial charge is 0.222 e. The molecule has 0 unspecified atom stereocenters. The molecule has 2 aromatic rings. The summed E-state index contributed by atoms with van der Waals surface area (Å²) in [5, 5.41) is 1.14. The Labute approximate surface area is 153 Å². The van der Waals surface area contributed by atoms with Gasteiger partial charge in [-0.1, -0.05) is 13.3 Å². The van der Waals surface area contributed by atoms with Crippen molar-refractivity contribution in [2.45, 2.75) is 39.0 Å². The number of aryl methyl sites for hydroxylation is 1. The quantitative estimate of drug-likeness (QED) is 0.767. The predicted molar refractivity (Wildman–Crippen MR) is 103 cm³/mol. The number of hydrogen-bond donors (Lipinski definition) is 1. The van der Waals surface area contributed by atoms with E-state index in [-0.39, 0.29) is 5.91 Å². The highest BCUT2D eigenvalue weighted by Crippen LogP contribution is 2.30. The summed E-state index contributed by atoms with van der Waals surface area (Å²) in [6, 6.07) is 2.21. The summed E-state index contributed by atoms with van der Waals surface area (Å²) in [4.78, 5) is 27.9. The fourth-order valence-electron chi connectivity index (χ4n) is 3.24. The molecule has 6 nitrogen and oxygen atoms in total. The SMILES string of the molecule is CCc1cc2c(N3CCN(C(=O)CCCCCN)CC3)ncnc2s1. The molecule has 2 aromatic heterocycles. The maximum Gasteiger partial charge on any atom is 0.222 e. The molecule has 0 atom stereocenters. The number of fused-ring (bicyclic) bond motifs is 1. The number of hydrogen-bond acceptors (Lipinski definition) is 6. The van der Waals surface area contributed by atoms with E-state index in [4.69, 9.17) is 5.73 Å². The number of thiophene rings is 1. The maximum atomic E-state index is 12.3. The van der Waals surface area contributed by atoms with Gasteiger partial charge in [0.1, 0.15) is 17.0 Å². The molecule has 1 saturated heterocycles. The van der Waals surface area contributed by atoms with E-state index in [0.717, 1.165) is 67.9 Å². The van der Waals surface area contributed by atoms with Crippen LogP contribution in [0, 0.1) is 0 Å². The Morgan fingerprint density at radius 1 is 1.20 bits per heavy atom. The van der Waals surface area contributed by atoms with Gasteiger partial charge in [0.15, 0.2) is 0 Å². The van der Waals surface area contributed by atoms with Gasteiger partial charge in [-0.2, -0.15) is 0 Å². The van der Waals surface area contributed by atoms with Gasteiger partial charge < -0.3 is 15.5 Å². The molecule has 0 spiro atoms. The summed E-state index contributed by atoms with van der Waals surface area (Å²) in [6.45, 7) is 6.08. The first-order valence-electron chi connectivity index (χ1n) is 9.19. The second-order valence-electron chi connectivity index (χ2n) is 6.45. The first-order chi connectivity index (χ1) is 12.2. The summed E-state index contributed by atoms with van der Waals surface area (Å²) in [6.07, 6.45) is 6.30. The number of nitrogens with two attached hydrogens (primary N) is 1. The standard InChI is InChI=1S/C18H27N5OS/c1-2-14-12-15-17(20-13-21-18(15)25-14)23-10-8-22(9-11-23)16(24)6-4-3-5-7-19/h12-13H,2-11,19H2,1H3. The van der Waals surface area contributed by atoms with Crippen LogP contribution in [0.5, 0.6) is 0 Å². The number of unbranched alkanes of at least 4 members (excludes halogenated alkanes) is 2. The lowest BCUT2D eigenvalue weighted by molar-refractivity contribution is -0.131. The minimum absolute atomic E-state index is 0.272. The second kappa shape index (κ2) is 8.58. The summed E-state index contributed by atoms with van der Waals surface area (Å²) in [5.74, 6) is 1.28. The van der Waals surface area contributed by atoms with E-state index in [2.05, 4.69) is 27.9 Å². The van der Waals surface area contributed by atoms with Crippen molar-refractivity contribution in [1.29, 1.82) is 0 Å². The fraction of sp³-hybridized carbons (Fsp3) is 0.611. The topological polar surface area (TPSA) is 75.3 Å². The van der Waals surface area contributed by atoms with E-state index in [9.17, 15) is 4.79 Å². The van der Waals surface area contributed by atoms with Gasteiger partial charge in [-0.15, -0.1) is 11.3 Å². The van der Waals surface area contributed by atoms with E-state index in [1.807, 2.05) is 4.90 Å². The third-order valence-corrected chi connectivity index (χ3v) is 5.92. The minimum Gasteiger partial charge on any atom is -0.352 e. The second-order valence-corrected chi connectivity index (χ2v) is 7.56. The van der Waals surface area contributed by atoms with Crippen molar-refractivity contribution < 1.29 is 4.79 Å². The van der Waals surface area contributed by atoms with Crippen LogP contribution in [0.4, 0.5) is 5.82 Å². The fourth-order valence-corrected chi connectivity index (χ4v) is 4.17. The molecule has 1 aliphatic rings. The highest BCUT2D eigenvalue weighted by atomic mass is 32.1. The van der Waals surface area contributed by atoms with Crippen LogP contribution >= 0.6 is 11.3 Å². The Bertz CT molecular complexity index is 709. The van der Waals surface area contributed by atoms with Crippen LogP contribution in [0.25, 0.3) is 10.2 Å². The molecular weight excluding hydrogens is 334 g/mol. The number of anilines is 1. The number of carbonyl (C=O) groups excluding carboxylic acids is 1. The first-order valence-corrected chi connectivity index (χ1v) is 10.0. The van der Waals surface area contributed by atoms with E-state index in [1.165, 1.54) is 4.88 Å². The highest BCUT2D eigenvalue weighted by Gasteiger charge is 2.23. The molecular formula is C18H27N5OS. The Balaban J connectivity index is 1.59. The molecule has 1 aliphatic heterocycles. The average molecular weight is 362 g/mol. The summed E-state index contributed by atoms with van der Waals surface area (Å²) in [7, 11) is 0. The van der Waals surface area contributed by atoms with E-state index in [1.54, 1.807) is 17.7 Å². The number of carbonyl (C=O) groups is 1. The molecule has 1 fully saturated rings. The zero-order valence-corrected chi connectivity index (χ0v) is 15.7. The van der Waals surface area contributed by atoms with Crippen molar-refractivity contribution in [2.75, 3.05) is 37.6 Å². The molecule has 7 heteroatoms. The first kappa shape index (κ1) is 18.1.